The number of piperazine rings is 2. The van der Waals surface area contributed by atoms with Crippen LogP contribution in [0.3, 0.4) is 0 Å². The summed E-state index contributed by atoms with van der Waals surface area (Å²) in [6.07, 6.45) is 25.5. The number of nitrogens with one attached hydrogen (secondary N) is 7. The zero-order chi connectivity index (χ0) is 96.3. The van der Waals surface area contributed by atoms with Crippen molar-refractivity contribution in [3.63, 3.8) is 0 Å². The molecule has 10 aromatic heterocycles. The zero-order valence-corrected chi connectivity index (χ0v) is 82.6. The number of ether oxygens (including phenoxy) is 5. The van der Waals surface area contributed by atoms with E-state index >= 15 is 0 Å². The highest BCUT2D eigenvalue weighted by Crippen LogP contribution is 2.32. The lowest BCUT2D eigenvalue weighted by molar-refractivity contribution is 0.102. The van der Waals surface area contributed by atoms with E-state index < -0.39 is 0 Å². The Morgan fingerprint density at radius 3 is 0.957 bits per heavy atom. The number of β-amino-alcohol motifs (C(OH)–C–C–N with tert-alkyl or cyclic N) is 1. The van der Waals surface area contributed by atoms with Crippen molar-refractivity contribution >= 4 is 115 Å². The van der Waals surface area contributed by atoms with Gasteiger partial charge < -0.3 is 76.2 Å². The Morgan fingerprint density at radius 1 is 0.305 bits per heavy atom. The Bertz CT molecular complexity index is 5960. The van der Waals surface area contributed by atoms with E-state index in [9.17, 15) is 10.2 Å². The Labute approximate surface area is 840 Å². The zero-order valence-electron chi connectivity index (χ0n) is 78.5. The molecular formula is C101H119N27O8S5. The summed E-state index contributed by atoms with van der Waals surface area (Å²) in [4.78, 5) is 77.4. The normalized spacial score (nSPS) is 15.8. The summed E-state index contributed by atoms with van der Waals surface area (Å²) in [5.41, 5.74) is 8.44. The van der Waals surface area contributed by atoms with Gasteiger partial charge in [0.15, 0.2) is 0 Å². The highest BCUT2D eigenvalue weighted by Gasteiger charge is 2.25. The van der Waals surface area contributed by atoms with Gasteiger partial charge >= 0.3 is 0 Å². The van der Waals surface area contributed by atoms with E-state index in [1.807, 2.05) is 179 Å². The summed E-state index contributed by atoms with van der Waals surface area (Å²) in [6, 6.07) is 48.8. The number of benzene rings is 5. The molecule has 0 amide bonds. The number of hydrogen-bond acceptors (Lipinski definition) is 40. The van der Waals surface area contributed by atoms with Gasteiger partial charge in [0.25, 0.3) is 0 Å². The van der Waals surface area contributed by atoms with Gasteiger partial charge in [0, 0.05) is 245 Å². The second kappa shape index (κ2) is 55.5. The van der Waals surface area contributed by atoms with Crippen LogP contribution in [0.1, 0.15) is 44.9 Å². The summed E-state index contributed by atoms with van der Waals surface area (Å²) in [5.74, 6) is 7.98. The molecule has 40 heteroatoms. The predicted molar refractivity (Wildman–Crippen MR) is 559 cm³/mol. The monoisotopic (exact) mass is 2000 g/mol. The van der Waals surface area contributed by atoms with E-state index in [1.165, 1.54) is 12.8 Å². The highest BCUT2D eigenvalue weighted by atomic mass is 32.1. The van der Waals surface area contributed by atoms with E-state index in [0.29, 0.717) is 68.7 Å². The SMILES string of the molecule is OCC1CCN(CCOc2cccc(Nc3nccc(-c4nccs4)n3)c2)CC1.OCCN1CCN(CCOc2cccc(Nc3nccc(-c4nccs4)n3)c2)CC1.OC[C@@H]1CCCN1CCOc1cccc(Nc2nccc(-c3nccs3)n2)c1.c1cc(Nc2nccc(-c3nccs3)n2)cc(OCCC2CCCNC2)c1.c1cc(Nc2nccc(-c3nccs3)n2)cc(OCCN2CCNCC2)c1. The maximum atomic E-state index is 9.40. The van der Waals surface area contributed by atoms with Crippen molar-refractivity contribution < 1.29 is 39.0 Å². The molecule has 15 aromatic rings. The van der Waals surface area contributed by atoms with Crippen molar-refractivity contribution in [2.24, 2.45) is 11.8 Å². The van der Waals surface area contributed by atoms with Crippen LogP contribution < -0.4 is 60.9 Å². The van der Waals surface area contributed by atoms with Crippen LogP contribution in [0.4, 0.5) is 58.2 Å². The third kappa shape index (κ3) is 33.2. The van der Waals surface area contributed by atoms with Crippen LogP contribution in [-0.4, -0.2) is 291 Å². The standard InChI is InChI=1S/C21H26N6O2S.C21H25N5O2S.C20H23N5O2S.C20H23N5OS.C19H22N6OS/c28-13-11-26-7-9-27(10-8-26)12-14-29-18-3-1-2-17(16-18)24-21-23-5-4-19(25-21)20-22-6-15-30-20;27-15-16-5-9-26(10-6-16)11-12-28-18-3-1-2-17(14-18)24-21-23-7-4-19(25-21)20-22-8-13-29-20;26-14-16-4-2-9-25(16)10-11-27-17-5-1-3-15(13-17)23-20-22-7-6-18(24-20)19-21-8-12-28-19;1-4-16(13-17(5-1)26-11-7-15-3-2-8-21-14-15)24-20-23-9-6-18(25-20)19-22-10-12-27-19;1-2-15(14-16(3-1)26-12-11-25-9-6-20-7-10-25)23-19-22-5-4-17(24-19)18-21-8-13-27-18/h1-6,15-16,28H,7-14H2,(H,23,24,25);1-4,7-8,13-14,16,27H,5-6,9-12,15H2,(H,23,24,25);1,3,5-8,12-13,16,26H,2,4,9-11,14H2,(H,22,23,24);1,4-6,9-10,12-13,15,21H,2-3,7-8,11,14H2,(H,23,24,25);1-5,8,13-14,20H,6-7,9-12H2,(H,22,23,24)/t;;16-;;/m..0../s1. The van der Waals surface area contributed by atoms with Crippen LogP contribution in [-0.2, 0) is 0 Å². The number of anilines is 10. The minimum atomic E-state index is 0.222. The third-order valence-corrected chi connectivity index (χ3v) is 27.6. The second-order valence-corrected chi connectivity index (χ2v) is 38.0. The van der Waals surface area contributed by atoms with Gasteiger partial charge in [0.2, 0.25) is 29.7 Å². The van der Waals surface area contributed by atoms with Gasteiger partial charge in [-0.2, -0.15) is 0 Å². The van der Waals surface area contributed by atoms with Crippen LogP contribution in [0, 0.1) is 11.8 Å². The van der Waals surface area contributed by atoms with E-state index in [4.69, 9.17) is 28.8 Å². The van der Waals surface area contributed by atoms with E-state index in [0.717, 1.165) is 273 Å². The Hall–Kier alpha value is -12.8. The molecular weight excluding hydrogens is 1880 g/mol. The highest BCUT2D eigenvalue weighted by molar-refractivity contribution is 7.14. The summed E-state index contributed by atoms with van der Waals surface area (Å²) in [7, 11) is 0. The molecule has 35 nitrogen and oxygen atoms in total. The first kappa shape index (κ1) is 101. The van der Waals surface area contributed by atoms with Gasteiger partial charge in [-0.05, 0) is 181 Å². The molecule has 0 aliphatic carbocycles. The number of piperidine rings is 2. The second-order valence-electron chi connectivity index (χ2n) is 33.5. The molecule has 5 fully saturated rings. The summed E-state index contributed by atoms with van der Waals surface area (Å²) in [5, 5.41) is 64.7. The first-order valence-corrected chi connectivity index (χ1v) is 52.1. The average molecular weight is 2000 g/mol. The number of aromatic nitrogens is 15. The van der Waals surface area contributed by atoms with Crippen LogP contribution >= 0.6 is 56.7 Å². The number of aliphatic hydroxyl groups excluding tert-OH is 3. The lowest BCUT2D eigenvalue weighted by atomic mass is 9.97. The molecule has 5 aliphatic heterocycles. The third-order valence-electron chi connectivity index (χ3n) is 23.6. The number of hydrogen-bond donors (Lipinski definition) is 10. The molecule has 20 rings (SSSR count). The van der Waals surface area contributed by atoms with Crippen molar-refractivity contribution in [3.8, 4) is 82.3 Å². The van der Waals surface area contributed by atoms with Gasteiger partial charge in [0.05, 0.1) is 19.8 Å². The van der Waals surface area contributed by atoms with Crippen LogP contribution in [0.15, 0.2) is 241 Å². The fraction of sp³-hybridized carbons (Fsp3) is 0.356. The molecule has 0 radical (unpaired) electrons. The molecule has 141 heavy (non-hydrogen) atoms. The summed E-state index contributed by atoms with van der Waals surface area (Å²) < 4.78 is 29.7. The van der Waals surface area contributed by atoms with Crippen molar-refractivity contribution in [1.29, 1.82) is 0 Å². The molecule has 0 spiro atoms. The predicted octanol–water partition coefficient (Wildman–Crippen LogP) is 15.7. The molecule has 0 saturated carbocycles. The quantitative estimate of drug-likeness (QED) is 0.0171. The number of rotatable bonds is 39. The Kier molecular flexibility index (Phi) is 39.8. The lowest BCUT2D eigenvalue weighted by Gasteiger charge is -2.34. The van der Waals surface area contributed by atoms with E-state index in [1.54, 1.807) is 119 Å². The minimum absolute atomic E-state index is 0.222. The Morgan fingerprint density at radius 2 is 0.638 bits per heavy atom. The van der Waals surface area contributed by atoms with Gasteiger partial charge in [-0.3, -0.25) is 24.5 Å². The fourth-order valence-electron chi connectivity index (χ4n) is 16.2. The van der Waals surface area contributed by atoms with Crippen LogP contribution in [0.2, 0.25) is 0 Å². The number of nitrogens with zero attached hydrogens (tertiary/aromatic N) is 20. The van der Waals surface area contributed by atoms with Crippen molar-refractivity contribution in [3.05, 3.63) is 241 Å². The molecule has 1 unspecified atom stereocenters. The van der Waals surface area contributed by atoms with Gasteiger partial charge in [-0.25, -0.2) is 74.8 Å². The number of thiazole rings is 5. The largest absolute Gasteiger partial charge is 0.494 e. The first-order valence-electron chi connectivity index (χ1n) is 47.7. The smallest absolute Gasteiger partial charge is 0.227 e. The molecule has 0 bridgehead atoms. The van der Waals surface area contributed by atoms with Gasteiger partial charge in [-0.15, -0.1) is 56.7 Å². The summed E-state index contributed by atoms with van der Waals surface area (Å²) >= 11 is 7.76. The summed E-state index contributed by atoms with van der Waals surface area (Å²) in [6.45, 7) is 22.0. The fourth-order valence-corrected chi connectivity index (χ4v) is 19.2. The van der Waals surface area contributed by atoms with E-state index in [2.05, 4.69) is 136 Å². The average Bonchev–Trinajstić information content (AvgIpc) is 1.87. The molecule has 736 valence electrons. The molecule has 5 aliphatic rings. The molecule has 5 aromatic carbocycles. The maximum Gasteiger partial charge on any atom is 0.227 e. The van der Waals surface area contributed by atoms with Crippen LogP contribution in [0.25, 0.3) is 53.5 Å². The van der Waals surface area contributed by atoms with Crippen molar-refractivity contribution in [2.45, 2.75) is 51.0 Å². The minimum Gasteiger partial charge on any atom is -0.494 e. The number of likely N-dealkylation sites (tertiary alicyclic amines) is 2. The molecule has 15 heterocycles. The van der Waals surface area contributed by atoms with Crippen molar-refractivity contribution in [2.75, 3.05) is 197 Å². The van der Waals surface area contributed by atoms with Crippen molar-refractivity contribution in [1.82, 2.24) is 110 Å². The van der Waals surface area contributed by atoms with Gasteiger partial charge in [-0.1, -0.05) is 30.3 Å². The topological polar surface area (TPSA) is 401 Å². The molecule has 2 atom stereocenters. The van der Waals surface area contributed by atoms with Gasteiger partial charge in [0.1, 0.15) is 109 Å². The molecule has 5 saturated heterocycles. The maximum absolute atomic E-state index is 9.40. The Balaban J connectivity index is 0.000000127. The number of aliphatic hydroxyl groups is 3. The van der Waals surface area contributed by atoms with E-state index in [-0.39, 0.29) is 19.3 Å². The first-order chi connectivity index (χ1) is 69.6. The lowest BCUT2D eigenvalue weighted by Crippen LogP contribution is -2.48. The van der Waals surface area contributed by atoms with Crippen LogP contribution in [0.5, 0.6) is 28.7 Å². The molecule has 10 N–H and O–H groups in total.